The quantitative estimate of drug-likeness (QED) is 0.429. The fourth-order valence-corrected chi connectivity index (χ4v) is 3.63. The largest absolute Gasteiger partial charge is 0.491 e. The average molecular weight is 428 g/mol. The van der Waals surface area contributed by atoms with Gasteiger partial charge in [0.25, 0.3) is 0 Å². The number of aliphatic hydroxyl groups is 2. The van der Waals surface area contributed by atoms with E-state index < -0.39 is 23.9 Å². The van der Waals surface area contributed by atoms with Crippen LogP contribution in [0.2, 0.25) is 0 Å². The lowest BCUT2D eigenvalue weighted by Crippen LogP contribution is -2.28. The molecule has 2 rings (SSSR count). The van der Waals surface area contributed by atoms with Gasteiger partial charge in [-0.1, -0.05) is 50.1 Å². The van der Waals surface area contributed by atoms with Crippen molar-refractivity contribution in [1.29, 1.82) is 0 Å². The summed E-state index contributed by atoms with van der Waals surface area (Å²) in [6.07, 6.45) is 5.90. The highest BCUT2D eigenvalue weighted by Crippen LogP contribution is 2.31. The fraction of sp³-hybridized carbons (Fsp3) is 0.565. The summed E-state index contributed by atoms with van der Waals surface area (Å²) in [6, 6.07) is 4.56. The molecule has 0 radical (unpaired) electrons. The molecule has 2 unspecified atom stereocenters. The fourth-order valence-electron chi connectivity index (χ4n) is 3.63. The Labute approximate surface area is 176 Å². The minimum absolute atomic E-state index is 0.0284. The van der Waals surface area contributed by atoms with Crippen LogP contribution in [0.5, 0.6) is 5.75 Å². The number of unbranched alkanes of at least 4 members (excludes halogenated alkanes) is 2. The molecule has 0 amide bonds. The number of β-amino-alcohol motifs (C(OH)–C–C–N with tert-alkyl or cyclic N) is 1. The number of nitrogens with zero attached hydrogens (tertiary/aromatic N) is 1. The van der Waals surface area contributed by atoms with Gasteiger partial charge in [0.15, 0.2) is 0 Å². The Kier molecular flexibility index (Phi) is 9.39. The van der Waals surface area contributed by atoms with Gasteiger partial charge >= 0.3 is 6.18 Å². The van der Waals surface area contributed by atoms with E-state index in [1.165, 1.54) is 12.1 Å². The standard InChI is InChI=1S/C23H32F3NO3/c1-3-4-5-6-7-11-20-21(27(2)15-22(20)29)13-12-18(28)16-30-19-10-8-9-17(14-19)23(24,25)26/h6-10,12-14,18,20-22,28-29H,3-5,11,15-16H2,1-2H3/b7-6-,13-12+/t18?,20-,21-,22?/m1/s1. The first-order valence-electron chi connectivity index (χ1n) is 10.4. The molecule has 30 heavy (non-hydrogen) atoms. The monoisotopic (exact) mass is 427 g/mol. The number of aliphatic hydroxyl groups excluding tert-OH is 2. The van der Waals surface area contributed by atoms with Crippen LogP contribution in [0.15, 0.2) is 48.6 Å². The SMILES string of the molecule is CCCC/C=C\C[C@H]1C(O)CN(C)[C@@H]1/C=C/C(O)COc1cccc(C(F)(F)F)c1. The normalized spacial score (nSPS) is 24.2. The van der Waals surface area contributed by atoms with Crippen molar-refractivity contribution >= 4 is 0 Å². The highest BCUT2D eigenvalue weighted by molar-refractivity contribution is 5.30. The average Bonchev–Trinajstić information content (AvgIpc) is 2.96. The first-order valence-corrected chi connectivity index (χ1v) is 10.4. The van der Waals surface area contributed by atoms with E-state index in [0.717, 1.165) is 37.8 Å². The zero-order valence-corrected chi connectivity index (χ0v) is 17.6. The summed E-state index contributed by atoms with van der Waals surface area (Å²) in [7, 11) is 1.92. The molecule has 1 aromatic rings. The van der Waals surface area contributed by atoms with E-state index in [9.17, 15) is 23.4 Å². The Morgan fingerprint density at radius 2 is 2.07 bits per heavy atom. The topological polar surface area (TPSA) is 52.9 Å². The third kappa shape index (κ3) is 7.45. The summed E-state index contributed by atoms with van der Waals surface area (Å²) in [5, 5.41) is 20.5. The number of benzene rings is 1. The summed E-state index contributed by atoms with van der Waals surface area (Å²) in [4.78, 5) is 2.03. The number of halogens is 3. The van der Waals surface area contributed by atoms with Crippen LogP contribution >= 0.6 is 0 Å². The van der Waals surface area contributed by atoms with Crippen molar-refractivity contribution in [2.45, 2.75) is 57.0 Å². The first kappa shape index (κ1) is 24.4. The molecule has 0 aliphatic carbocycles. The lowest BCUT2D eigenvalue weighted by Gasteiger charge is -2.21. The van der Waals surface area contributed by atoms with Gasteiger partial charge in [-0.15, -0.1) is 0 Å². The molecule has 1 saturated heterocycles. The van der Waals surface area contributed by atoms with Gasteiger partial charge in [0, 0.05) is 18.5 Å². The third-order valence-corrected chi connectivity index (χ3v) is 5.33. The summed E-state index contributed by atoms with van der Waals surface area (Å²) < 4.78 is 43.6. The molecule has 1 aliphatic rings. The maximum Gasteiger partial charge on any atom is 0.416 e. The highest BCUT2D eigenvalue weighted by atomic mass is 19.4. The number of hydrogen-bond donors (Lipinski definition) is 2. The van der Waals surface area contributed by atoms with E-state index in [1.807, 2.05) is 18.0 Å². The van der Waals surface area contributed by atoms with Crippen molar-refractivity contribution in [2.75, 3.05) is 20.2 Å². The molecule has 1 aliphatic heterocycles. The van der Waals surface area contributed by atoms with Crippen molar-refractivity contribution in [3.8, 4) is 5.75 Å². The van der Waals surface area contributed by atoms with Gasteiger partial charge in [0.2, 0.25) is 0 Å². The van der Waals surface area contributed by atoms with E-state index in [1.54, 1.807) is 6.08 Å². The molecular formula is C23H32F3NO3. The molecule has 1 heterocycles. The van der Waals surface area contributed by atoms with E-state index >= 15 is 0 Å². The smallest absolute Gasteiger partial charge is 0.416 e. The molecule has 1 aromatic carbocycles. The van der Waals surface area contributed by atoms with Gasteiger partial charge < -0.3 is 14.9 Å². The Bertz CT molecular complexity index is 705. The molecule has 2 N–H and O–H groups in total. The van der Waals surface area contributed by atoms with Gasteiger partial charge in [0.05, 0.1) is 11.7 Å². The summed E-state index contributed by atoms with van der Waals surface area (Å²) in [5.41, 5.74) is -0.790. The van der Waals surface area contributed by atoms with E-state index in [-0.39, 0.29) is 24.3 Å². The Balaban J connectivity index is 1.90. The van der Waals surface area contributed by atoms with Crippen LogP contribution in [0.25, 0.3) is 0 Å². The van der Waals surface area contributed by atoms with E-state index in [4.69, 9.17) is 4.74 Å². The predicted octanol–water partition coefficient (Wildman–Crippen LogP) is 4.43. The van der Waals surface area contributed by atoms with Crippen LogP contribution in [0, 0.1) is 5.92 Å². The molecule has 7 heteroatoms. The maximum atomic E-state index is 12.8. The summed E-state index contributed by atoms with van der Waals surface area (Å²) in [6.45, 7) is 2.55. The molecule has 0 bridgehead atoms. The minimum Gasteiger partial charge on any atom is -0.491 e. The molecule has 0 aromatic heterocycles. The number of likely N-dealkylation sites (N-methyl/N-ethyl adjacent to an activating group) is 1. The number of rotatable bonds is 10. The zero-order valence-electron chi connectivity index (χ0n) is 17.6. The molecule has 4 nitrogen and oxygen atoms in total. The van der Waals surface area contributed by atoms with E-state index in [0.29, 0.717) is 6.54 Å². The molecule has 168 valence electrons. The summed E-state index contributed by atoms with van der Waals surface area (Å²) >= 11 is 0. The van der Waals surface area contributed by atoms with Gasteiger partial charge in [0.1, 0.15) is 18.5 Å². The van der Waals surface area contributed by atoms with Crippen LogP contribution in [-0.2, 0) is 6.18 Å². The van der Waals surface area contributed by atoms with Crippen molar-refractivity contribution in [3.63, 3.8) is 0 Å². The second-order valence-corrected chi connectivity index (χ2v) is 7.80. The van der Waals surface area contributed by atoms with Gasteiger partial charge in [-0.05, 0) is 38.1 Å². The predicted molar refractivity (Wildman–Crippen MR) is 111 cm³/mol. The van der Waals surface area contributed by atoms with Crippen LogP contribution < -0.4 is 4.74 Å². The lowest BCUT2D eigenvalue weighted by molar-refractivity contribution is -0.137. The maximum absolute atomic E-state index is 12.8. The molecule has 0 spiro atoms. The van der Waals surface area contributed by atoms with Crippen molar-refractivity contribution in [2.24, 2.45) is 5.92 Å². The van der Waals surface area contributed by atoms with Crippen molar-refractivity contribution < 1.29 is 28.1 Å². The van der Waals surface area contributed by atoms with Crippen LogP contribution in [0.4, 0.5) is 13.2 Å². The number of allylic oxidation sites excluding steroid dienone is 2. The van der Waals surface area contributed by atoms with Gasteiger partial charge in [-0.3, -0.25) is 4.90 Å². The third-order valence-electron chi connectivity index (χ3n) is 5.33. The second kappa shape index (κ2) is 11.5. The first-order chi connectivity index (χ1) is 14.2. The molecule has 1 fully saturated rings. The Hall–Kier alpha value is -1.83. The lowest BCUT2D eigenvalue weighted by atomic mass is 9.93. The molecule has 4 atom stereocenters. The Morgan fingerprint density at radius 1 is 1.30 bits per heavy atom. The molecule has 0 saturated carbocycles. The van der Waals surface area contributed by atoms with Crippen molar-refractivity contribution in [1.82, 2.24) is 4.90 Å². The van der Waals surface area contributed by atoms with Crippen LogP contribution in [0.3, 0.4) is 0 Å². The zero-order chi connectivity index (χ0) is 22.1. The number of alkyl halides is 3. The Morgan fingerprint density at radius 3 is 2.77 bits per heavy atom. The highest BCUT2D eigenvalue weighted by Gasteiger charge is 2.36. The number of likely N-dealkylation sites (tertiary alicyclic amines) is 1. The van der Waals surface area contributed by atoms with E-state index in [2.05, 4.69) is 19.1 Å². The van der Waals surface area contributed by atoms with Gasteiger partial charge in [-0.2, -0.15) is 13.2 Å². The summed E-state index contributed by atoms with van der Waals surface area (Å²) in [5.74, 6) is 0.0847. The number of ether oxygens (including phenoxy) is 1. The van der Waals surface area contributed by atoms with Gasteiger partial charge in [-0.25, -0.2) is 0 Å². The minimum atomic E-state index is -4.44. The molecular weight excluding hydrogens is 395 g/mol. The van der Waals surface area contributed by atoms with Crippen LogP contribution in [-0.4, -0.2) is 53.6 Å². The second-order valence-electron chi connectivity index (χ2n) is 7.80. The van der Waals surface area contributed by atoms with Crippen molar-refractivity contribution in [3.05, 3.63) is 54.1 Å². The number of hydrogen-bond acceptors (Lipinski definition) is 4. The van der Waals surface area contributed by atoms with Crippen LogP contribution in [0.1, 0.15) is 38.2 Å².